The van der Waals surface area contributed by atoms with Crippen LogP contribution in [0.15, 0.2) is 47.6 Å². The number of ketones is 3. The molecule has 3 heterocycles. The number of cyclic esters (lactones) is 1. The molecule has 2 unspecified atom stereocenters. The highest BCUT2D eigenvalue weighted by atomic mass is 19.1. The van der Waals surface area contributed by atoms with Crippen LogP contribution in [0.25, 0.3) is 0 Å². The van der Waals surface area contributed by atoms with E-state index < -0.39 is 83.9 Å². The van der Waals surface area contributed by atoms with Crippen molar-refractivity contribution in [3.05, 3.63) is 47.6 Å². The second-order valence-corrected chi connectivity index (χ2v) is 19.5. The van der Waals surface area contributed by atoms with Gasteiger partial charge in [0.25, 0.3) is 11.7 Å². The number of esters is 1. The van der Waals surface area contributed by atoms with Gasteiger partial charge >= 0.3 is 5.97 Å². The number of fused-ring (bicyclic) bond motifs is 3. The molecule has 0 radical (unpaired) electrons. The summed E-state index contributed by atoms with van der Waals surface area (Å²) < 4.78 is 45.4. The van der Waals surface area contributed by atoms with E-state index in [4.69, 9.17) is 23.7 Å². The summed E-state index contributed by atoms with van der Waals surface area (Å²) >= 11 is 0. The van der Waals surface area contributed by atoms with Gasteiger partial charge < -0.3 is 38.8 Å². The normalized spacial score (nSPS) is 40.4. The van der Waals surface area contributed by atoms with Crippen LogP contribution in [0.1, 0.15) is 126 Å². The number of carbonyl (C=O) groups is 5. The van der Waals surface area contributed by atoms with E-state index in [1.54, 1.807) is 35.0 Å². The van der Waals surface area contributed by atoms with Crippen LogP contribution >= 0.6 is 0 Å². The number of Topliss-reactive ketones (excluding diaryl/α,β-unsaturated/α-hetero) is 3. The number of alkyl halides is 1. The van der Waals surface area contributed by atoms with Gasteiger partial charge in [-0.2, -0.15) is 0 Å². The number of amides is 1. The molecule has 0 aromatic rings. The van der Waals surface area contributed by atoms with E-state index in [0.717, 1.165) is 5.57 Å². The van der Waals surface area contributed by atoms with Crippen LogP contribution in [0.2, 0.25) is 0 Å². The molecule has 0 aromatic carbocycles. The Morgan fingerprint density at radius 3 is 2.28 bits per heavy atom. The van der Waals surface area contributed by atoms with Gasteiger partial charge in [0.15, 0.2) is 18.1 Å². The molecule has 4 aliphatic rings. The number of aliphatic hydroxyl groups excluding tert-OH is 1. The number of allylic oxidation sites excluding steroid dienone is 6. The second-order valence-electron chi connectivity index (χ2n) is 19.5. The summed E-state index contributed by atoms with van der Waals surface area (Å²) in [6, 6.07) is -1.16. The van der Waals surface area contributed by atoms with Crippen LogP contribution in [-0.4, -0.2) is 127 Å². The zero-order valence-electron chi connectivity index (χ0n) is 40.5. The van der Waals surface area contributed by atoms with Crippen molar-refractivity contribution in [2.75, 3.05) is 27.9 Å². The third-order valence-corrected chi connectivity index (χ3v) is 14.4. The van der Waals surface area contributed by atoms with Gasteiger partial charge in [0.05, 0.1) is 24.4 Å². The molecule has 4 rings (SSSR count). The summed E-state index contributed by atoms with van der Waals surface area (Å²) in [7, 11) is 4.42. The highest BCUT2D eigenvalue weighted by Gasteiger charge is 2.53. The lowest BCUT2D eigenvalue weighted by atomic mass is 9.78. The van der Waals surface area contributed by atoms with Gasteiger partial charge in [-0.25, -0.2) is 9.18 Å². The molecule has 1 aliphatic carbocycles. The molecule has 1 saturated carbocycles. The third kappa shape index (κ3) is 14.3. The summed E-state index contributed by atoms with van der Waals surface area (Å²) in [5, 5.41) is 22.4. The largest absolute Gasteiger partial charge is 0.460 e. The number of halogens is 1. The Morgan fingerprint density at radius 1 is 0.877 bits per heavy atom. The zero-order valence-corrected chi connectivity index (χ0v) is 40.5. The van der Waals surface area contributed by atoms with Crippen LogP contribution in [-0.2, 0) is 47.7 Å². The fraction of sp³-hybridized carbons (Fsp3) is 0.745. The third-order valence-electron chi connectivity index (χ3n) is 14.4. The zero-order chi connectivity index (χ0) is 48.2. The van der Waals surface area contributed by atoms with Gasteiger partial charge in [0.1, 0.15) is 17.9 Å². The van der Waals surface area contributed by atoms with Crippen molar-refractivity contribution < 1.29 is 62.3 Å². The summed E-state index contributed by atoms with van der Waals surface area (Å²) in [5.74, 6) is -8.44. The quantitative estimate of drug-likeness (QED) is 0.157. The first kappa shape index (κ1) is 54.2. The first-order valence-corrected chi connectivity index (χ1v) is 23.9. The Bertz CT molecular complexity index is 1760. The Hall–Kier alpha value is -3.40. The first-order chi connectivity index (χ1) is 30.7. The Morgan fingerprint density at radius 2 is 1.60 bits per heavy atom. The minimum Gasteiger partial charge on any atom is -0.460 e. The molecule has 0 spiro atoms. The number of hydrogen-bond donors (Lipinski definition) is 2. The van der Waals surface area contributed by atoms with Gasteiger partial charge in [-0.05, 0) is 107 Å². The van der Waals surface area contributed by atoms with Crippen molar-refractivity contribution in [2.24, 2.45) is 35.5 Å². The molecule has 3 aliphatic heterocycles. The van der Waals surface area contributed by atoms with Crippen molar-refractivity contribution in [1.29, 1.82) is 0 Å². The van der Waals surface area contributed by atoms with Crippen LogP contribution in [0.4, 0.5) is 4.39 Å². The number of hydrogen-bond acceptors (Lipinski definition) is 12. The lowest BCUT2D eigenvalue weighted by Gasteiger charge is -2.42. The molecular formula is C51H78FNO12. The van der Waals surface area contributed by atoms with Gasteiger partial charge in [-0.15, -0.1) is 0 Å². The van der Waals surface area contributed by atoms with Crippen LogP contribution in [0, 0.1) is 35.5 Å². The van der Waals surface area contributed by atoms with Gasteiger partial charge in [0, 0.05) is 58.5 Å². The van der Waals surface area contributed by atoms with Crippen molar-refractivity contribution in [3.8, 4) is 0 Å². The Kier molecular flexibility index (Phi) is 20.9. The number of rotatable bonds is 6. The maximum absolute atomic E-state index is 16.2. The minimum atomic E-state index is -2.44. The Balaban J connectivity index is 1.70. The topological polar surface area (TPSA) is 175 Å². The molecule has 1 amide bonds. The molecule has 15 atom stereocenters. The predicted molar refractivity (Wildman–Crippen MR) is 244 cm³/mol. The van der Waals surface area contributed by atoms with Crippen molar-refractivity contribution in [2.45, 2.75) is 180 Å². The monoisotopic (exact) mass is 916 g/mol. The molecule has 0 aromatic heterocycles. The molecule has 366 valence electrons. The van der Waals surface area contributed by atoms with E-state index in [1.165, 1.54) is 25.0 Å². The number of ether oxygens (including phenoxy) is 5. The molecule has 2 saturated heterocycles. The van der Waals surface area contributed by atoms with Crippen molar-refractivity contribution in [3.63, 3.8) is 0 Å². The van der Waals surface area contributed by atoms with Crippen molar-refractivity contribution in [1.82, 2.24) is 4.90 Å². The van der Waals surface area contributed by atoms with Gasteiger partial charge in [-0.3, -0.25) is 19.2 Å². The van der Waals surface area contributed by atoms with E-state index >= 15 is 4.39 Å². The molecule has 14 heteroatoms. The number of methoxy groups -OCH3 is 3. The molecule has 2 bridgehead atoms. The highest BCUT2D eigenvalue weighted by molar-refractivity contribution is 6.39. The van der Waals surface area contributed by atoms with Crippen LogP contribution in [0.3, 0.4) is 0 Å². The molecule has 3 fully saturated rings. The van der Waals surface area contributed by atoms with Crippen LogP contribution in [0.5, 0.6) is 0 Å². The lowest BCUT2D eigenvalue weighted by molar-refractivity contribution is -0.265. The van der Waals surface area contributed by atoms with Crippen LogP contribution < -0.4 is 0 Å². The fourth-order valence-electron chi connectivity index (χ4n) is 10.1. The lowest BCUT2D eigenvalue weighted by Crippen LogP contribution is -2.61. The number of piperidine rings is 1. The van der Waals surface area contributed by atoms with Crippen molar-refractivity contribution >= 4 is 29.2 Å². The summed E-state index contributed by atoms with van der Waals surface area (Å²) in [4.78, 5) is 71.6. The summed E-state index contributed by atoms with van der Waals surface area (Å²) in [5.41, 5.74) is 1.03. The number of aliphatic hydroxyl groups is 2. The fourth-order valence-corrected chi connectivity index (χ4v) is 10.1. The summed E-state index contributed by atoms with van der Waals surface area (Å²) in [6.45, 7) is 12.4. The van der Waals surface area contributed by atoms with E-state index in [-0.39, 0.29) is 60.4 Å². The highest BCUT2D eigenvalue weighted by Crippen LogP contribution is 2.38. The minimum absolute atomic E-state index is 0.0215. The second kappa shape index (κ2) is 25.1. The maximum atomic E-state index is 16.2. The van der Waals surface area contributed by atoms with E-state index in [9.17, 15) is 34.2 Å². The first-order valence-electron chi connectivity index (χ1n) is 23.9. The Labute approximate surface area is 386 Å². The maximum Gasteiger partial charge on any atom is 0.329 e. The average Bonchev–Trinajstić information content (AvgIpc) is 3.28. The SMILES string of the molecule is CO[C@H]1C[C@@H]2CC[C@@H](C)[C@@](O)(O2)C(=O)C(=O)N2CCCC[C@H]2C(=O)OC([C@H](C)C[C@@H]2CC[C@@H](O)[C@H](OC)C2)CC(=O)[C@H](C)/C=C(\C)C(F)[C@@H](OC)C(=O)[C@H](C)C[C@H](C)/C=C/C=C/C=C/1C. The summed E-state index contributed by atoms with van der Waals surface area (Å²) in [6.07, 6.45) is 9.94. The molecule has 65 heavy (non-hydrogen) atoms. The van der Waals surface area contributed by atoms with E-state index in [1.807, 2.05) is 51.2 Å². The number of nitrogens with zero attached hydrogens (tertiary/aromatic N) is 1. The van der Waals surface area contributed by atoms with E-state index in [0.29, 0.717) is 64.2 Å². The predicted octanol–water partition coefficient (Wildman–Crippen LogP) is 7.16. The number of carbonyl (C=O) groups excluding carboxylic acids is 5. The standard InChI is InChI=1S/C51H78FNO12/c1-30-16-12-11-13-17-31(2)42(61-8)28-38-21-19-36(7)51(60,65-38)48(57)49(58)53-23-15-14-18-39(53)50(59)64-43(33(4)26-37-20-22-40(54)44(27-37)62-9)29-41(55)32(3)25-34(5)45(52)47(63-10)46(56)35(6)24-30/h11-13,16-17,25,30,32-33,35-40,42-45,47,54,60H,14-15,18-24,26-29H2,1-10H3/b13-11+,16-12+,31-17+,34-25+/t30-,32-,33-,35-,36-,37+,38+,39+,40-,42+,43?,44-,45?,47-,51-/m1/s1. The molecular weight excluding hydrogens is 838 g/mol. The average molecular weight is 916 g/mol. The van der Waals surface area contributed by atoms with E-state index in [2.05, 4.69) is 0 Å². The molecule has 2 N–H and O–H groups in total. The van der Waals surface area contributed by atoms with Gasteiger partial charge in [-0.1, -0.05) is 71.1 Å². The van der Waals surface area contributed by atoms with Gasteiger partial charge in [0.2, 0.25) is 5.79 Å². The smallest absolute Gasteiger partial charge is 0.329 e. The molecule has 13 nitrogen and oxygen atoms in total.